The van der Waals surface area contributed by atoms with Crippen LogP contribution in [0, 0.1) is 0 Å². The molecular weight excluding hydrogens is 300 g/mol. The lowest BCUT2D eigenvalue weighted by atomic mass is 10.2. The van der Waals surface area contributed by atoms with E-state index in [1.54, 1.807) is 0 Å². The van der Waals surface area contributed by atoms with Crippen LogP contribution in [-0.4, -0.2) is 35.8 Å². The highest BCUT2D eigenvalue weighted by atomic mass is 15.3. The summed E-state index contributed by atoms with van der Waals surface area (Å²) in [7, 11) is 0. The summed E-state index contributed by atoms with van der Waals surface area (Å²) in [6.45, 7) is 6.64. The minimum atomic E-state index is 0.838. The first-order chi connectivity index (χ1) is 11.8. The van der Waals surface area contributed by atoms with Crippen molar-refractivity contribution in [2.75, 3.05) is 6.54 Å². The summed E-state index contributed by atoms with van der Waals surface area (Å²) in [5.41, 5.74) is 1.29. The van der Waals surface area contributed by atoms with Crippen molar-refractivity contribution >= 4 is 0 Å². The molecule has 0 unspecified atom stereocenters. The van der Waals surface area contributed by atoms with Gasteiger partial charge in [-0.1, -0.05) is 37.3 Å². The molecule has 0 bridgehead atoms. The topological polar surface area (TPSA) is 51.8 Å². The SMILES string of the molecule is CCc1nnc2n1CCN(Cc1nccn1Cc1ccccc1)C2. The molecule has 3 heterocycles. The Morgan fingerprint density at radius 2 is 1.88 bits per heavy atom. The molecule has 0 saturated carbocycles. The number of rotatable bonds is 5. The molecule has 24 heavy (non-hydrogen) atoms. The zero-order chi connectivity index (χ0) is 16.4. The van der Waals surface area contributed by atoms with E-state index in [4.69, 9.17) is 0 Å². The van der Waals surface area contributed by atoms with Crippen molar-refractivity contribution in [3.8, 4) is 0 Å². The van der Waals surface area contributed by atoms with Crippen molar-refractivity contribution in [3.05, 3.63) is 65.8 Å². The minimum Gasteiger partial charge on any atom is -0.329 e. The average Bonchev–Trinajstić information content (AvgIpc) is 3.22. The predicted octanol–water partition coefficient (Wildman–Crippen LogP) is 2.10. The zero-order valence-electron chi connectivity index (χ0n) is 14.0. The number of imidazole rings is 1. The van der Waals surface area contributed by atoms with Crippen molar-refractivity contribution in [2.24, 2.45) is 0 Å². The molecule has 0 fully saturated rings. The van der Waals surface area contributed by atoms with Crippen LogP contribution < -0.4 is 0 Å². The van der Waals surface area contributed by atoms with Crippen LogP contribution in [0.3, 0.4) is 0 Å². The van der Waals surface area contributed by atoms with E-state index >= 15 is 0 Å². The first-order valence-corrected chi connectivity index (χ1v) is 8.50. The van der Waals surface area contributed by atoms with Gasteiger partial charge in [0.1, 0.15) is 17.5 Å². The van der Waals surface area contributed by atoms with Gasteiger partial charge in [0.05, 0.1) is 13.1 Å². The molecule has 124 valence electrons. The maximum absolute atomic E-state index is 4.56. The number of aryl methyl sites for hydroxylation is 1. The first-order valence-electron chi connectivity index (χ1n) is 8.50. The van der Waals surface area contributed by atoms with Gasteiger partial charge in [-0.05, 0) is 5.56 Å². The summed E-state index contributed by atoms with van der Waals surface area (Å²) in [6, 6.07) is 10.5. The zero-order valence-corrected chi connectivity index (χ0v) is 14.0. The van der Waals surface area contributed by atoms with E-state index in [2.05, 4.69) is 66.6 Å². The van der Waals surface area contributed by atoms with Crippen molar-refractivity contribution in [1.29, 1.82) is 0 Å². The number of benzene rings is 1. The van der Waals surface area contributed by atoms with Gasteiger partial charge >= 0.3 is 0 Å². The molecular formula is C18H22N6. The molecule has 4 rings (SSSR count). The smallest absolute Gasteiger partial charge is 0.147 e. The molecule has 1 aromatic carbocycles. The average molecular weight is 322 g/mol. The van der Waals surface area contributed by atoms with Crippen molar-refractivity contribution in [3.63, 3.8) is 0 Å². The van der Waals surface area contributed by atoms with Crippen molar-refractivity contribution in [2.45, 2.75) is 39.5 Å². The van der Waals surface area contributed by atoms with Gasteiger partial charge in [0.15, 0.2) is 0 Å². The molecule has 0 amide bonds. The number of hydrogen-bond acceptors (Lipinski definition) is 4. The Labute approximate surface area is 141 Å². The lowest BCUT2D eigenvalue weighted by molar-refractivity contribution is 0.200. The second-order valence-corrected chi connectivity index (χ2v) is 6.21. The standard InChI is InChI=1S/C18H22N6/c1-2-16-20-21-18-14-22(10-11-24(16)18)13-17-19-8-9-23(17)12-15-6-4-3-5-7-15/h3-9H,2,10-14H2,1H3. The summed E-state index contributed by atoms with van der Waals surface area (Å²) < 4.78 is 4.49. The third-order valence-electron chi connectivity index (χ3n) is 4.59. The molecule has 0 atom stereocenters. The van der Waals surface area contributed by atoms with E-state index < -0.39 is 0 Å². The fourth-order valence-electron chi connectivity index (χ4n) is 3.28. The second kappa shape index (κ2) is 6.57. The number of aromatic nitrogens is 5. The van der Waals surface area contributed by atoms with Crippen LogP contribution in [0.25, 0.3) is 0 Å². The van der Waals surface area contributed by atoms with E-state index in [0.717, 1.165) is 56.6 Å². The second-order valence-electron chi connectivity index (χ2n) is 6.21. The minimum absolute atomic E-state index is 0.838. The molecule has 1 aliphatic heterocycles. The van der Waals surface area contributed by atoms with Crippen molar-refractivity contribution in [1.82, 2.24) is 29.2 Å². The highest BCUT2D eigenvalue weighted by molar-refractivity contribution is 5.16. The van der Waals surface area contributed by atoms with E-state index in [-0.39, 0.29) is 0 Å². The summed E-state index contributed by atoms with van der Waals surface area (Å²) in [6.07, 6.45) is 4.89. The Morgan fingerprint density at radius 1 is 1.00 bits per heavy atom. The van der Waals surface area contributed by atoms with Crippen LogP contribution in [0.1, 0.15) is 30.0 Å². The molecule has 6 heteroatoms. The first kappa shape index (κ1) is 15.1. The van der Waals surface area contributed by atoms with Crippen molar-refractivity contribution < 1.29 is 0 Å². The van der Waals surface area contributed by atoms with E-state index in [9.17, 15) is 0 Å². The van der Waals surface area contributed by atoms with Gasteiger partial charge in [0.2, 0.25) is 0 Å². The quantitative estimate of drug-likeness (QED) is 0.722. The van der Waals surface area contributed by atoms with E-state index in [1.807, 2.05) is 12.3 Å². The molecule has 0 saturated heterocycles. The molecule has 0 radical (unpaired) electrons. The monoisotopic (exact) mass is 322 g/mol. The summed E-state index contributed by atoms with van der Waals surface area (Å²) in [5.74, 6) is 3.26. The molecule has 2 aromatic heterocycles. The lowest BCUT2D eigenvalue weighted by Gasteiger charge is -2.27. The van der Waals surface area contributed by atoms with E-state index in [1.165, 1.54) is 5.56 Å². The Kier molecular flexibility index (Phi) is 4.13. The van der Waals surface area contributed by atoms with Crippen LogP contribution in [0.2, 0.25) is 0 Å². The highest BCUT2D eigenvalue weighted by Crippen LogP contribution is 2.15. The summed E-state index contributed by atoms with van der Waals surface area (Å²) in [5, 5.41) is 8.63. The van der Waals surface area contributed by atoms with Gasteiger partial charge < -0.3 is 9.13 Å². The summed E-state index contributed by atoms with van der Waals surface area (Å²) >= 11 is 0. The summed E-state index contributed by atoms with van der Waals surface area (Å²) in [4.78, 5) is 6.96. The molecule has 0 aliphatic carbocycles. The predicted molar refractivity (Wildman–Crippen MR) is 91.3 cm³/mol. The molecule has 0 N–H and O–H groups in total. The van der Waals surface area contributed by atoms with E-state index in [0.29, 0.717) is 0 Å². The van der Waals surface area contributed by atoms with Gasteiger partial charge in [-0.2, -0.15) is 0 Å². The largest absolute Gasteiger partial charge is 0.329 e. The van der Waals surface area contributed by atoms with Gasteiger partial charge in [0, 0.05) is 38.4 Å². The van der Waals surface area contributed by atoms with Gasteiger partial charge in [-0.25, -0.2) is 4.98 Å². The Bertz CT molecular complexity index is 804. The van der Waals surface area contributed by atoms with Gasteiger partial charge in [-0.15, -0.1) is 10.2 Å². The Morgan fingerprint density at radius 3 is 2.71 bits per heavy atom. The number of fused-ring (bicyclic) bond motifs is 1. The van der Waals surface area contributed by atoms with Crippen LogP contribution in [-0.2, 0) is 32.6 Å². The molecule has 6 nitrogen and oxygen atoms in total. The van der Waals surface area contributed by atoms with Crippen LogP contribution in [0.5, 0.6) is 0 Å². The number of hydrogen-bond donors (Lipinski definition) is 0. The maximum atomic E-state index is 4.56. The third-order valence-corrected chi connectivity index (χ3v) is 4.59. The molecule has 0 spiro atoms. The third kappa shape index (κ3) is 2.97. The lowest BCUT2D eigenvalue weighted by Crippen LogP contribution is -2.34. The molecule has 1 aliphatic rings. The Hall–Kier alpha value is -2.47. The fraction of sp³-hybridized carbons (Fsp3) is 0.389. The Balaban J connectivity index is 1.46. The fourth-order valence-corrected chi connectivity index (χ4v) is 3.28. The van der Waals surface area contributed by atoms with Crippen LogP contribution in [0.15, 0.2) is 42.7 Å². The highest BCUT2D eigenvalue weighted by Gasteiger charge is 2.21. The van der Waals surface area contributed by atoms with Crippen LogP contribution >= 0.6 is 0 Å². The van der Waals surface area contributed by atoms with Crippen LogP contribution in [0.4, 0.5) is 0 Å². The maximum Gasteiger partial charge on any atom is 0.147 e. The molecule has 3 aromatic rings. The normalized spacial score (nSPS) is 14.7. The van der Waals surface area contributed by atoms with Gasteiger partial charge in [0.25, 0.3) is 0 Å². The van der Waals surface area contributed by atoms with Gasteiger partial charge in [-0.3, -0.25) is 4.90 Å². The number of nitrogens with zero attached hydrogens (tertiary/aromatic N) is 6.